The molecule has 1 unspecified atom stereocenters. The first-order valence-electron chi connectivity index (χ1n) is 7.43. The molecule has 112 valence electrons. The second-order valence-corrected chi connectivity index (χ2v) is 5.61. The van der Waals surface area contributed by atoms with Gasteiger partial charge in [0.25, 0.3) is 0 Å². The Morgan fingerprint density at radius 3 is 2.52 bits per heavy atom. The van der Waals surface area contributed by atoms with E-state index in [0.29, 0.717) is 10.8 Å². The Morgan fingerprint density at radius 1 is 1.10 bits per heavy atom. The maximum absolute atomic E-state index is 6.34. The van der Waals surface area contributed by atoms with Gasteiger partial charge in [0.2, 0.25) is 0 Å². The van der Waals surface area contributed by atoms with Gasteiger partial charge in [0.1, 0.15) is 11.5 Å². The summed E-state index contributed by atoms with van der Waals surface area (Å²) in [5.41, 5.74) is 8.30. The number of halogens is 1. The fraction of sp³-hybridized carbons (Fsp3) is 0.333. The largest absolute Gasteiger partial charge is 0.456 e. The molecule has 2 nitrogen and oxygen atoms in total. The third-order valence-corrected chi connectivity index (χ3v) is 3.89. The summed E-state index contributed by atoms with van der Waals surface area (Å²) >= 11 is 6.34. The summed E-state index contributed by atoms with van der Waals surface area (Å²) < 4.78 is 5.95. The van der Waals surface area contributed by atoms with Crippen molar-refractivity contribution in [3.05, 3.63) is 58.6 Å². The molecule has 0 radical (unpaired) electrons. The Bertz CT molecular complexity index is 598. The predicted molar refractivity (Wildman–Crippen MR) is 89.3 cm³/mol. The Balaban J connectivity index is 2.17. The summed E-state index contributed by atoms with van der Waals surface area (Å²) in [4.78, 5) is 0. The molecular formula is C18H22ClNO. The molecule has 0 amide bonds. The van der Waals surface area contributed by atoms with Crippen molar-refractivity contribution < 1.29 is 4.74 Å². The Kier molecular flexibility index (Phi) is 5.66. The Morgan fingerprint density at radius 2 is 1.86 bits per heavy atom. The van der Waals surface area contributed by atoms with Gasteiger partial charge in [-0.2, -0.15) is 0 Å². The van der Waals surface area contributed by atoms with Crippen molar-refractivity contribution in [1.29, 1.82) is 0 Å². The predicted octanol–water partition coefficient (Wildman–Crippen LogP) is 4.97. The van der Waals surface area contributed by atoms with E-state index in [9.17, 15) is 0 Å². The number of ether oxygens (including phenoxy) is 1. The maximum atomic E-state index is 6.34. The highest BCUT2D eigenvalue weighted by Gasteiger charge is 2.09. The molecule has 0 bridgehead atoms. The zero-order valence-electron chi connectivity index (χ0n) is 12.6. The van der Waals surface area contributed by atoms with Gasteiger partial charge in [0.15, 0.2) is 0 Å². The lowest BCUT2D eigenvalue weighted by Gasteiger charge is -2.13. The van der Waals surface area contributed by atoms with Crippen molar-refractivity contribution in [1.82, 2.24) is 0 Å². The van der Waals surface area contributed by atoms with Crippen LogP contribution in [0.5, 0.6) is 11.5 Å². The minimum atomic E-state index is 0.175. The van der Waals surface area contributed by atoms with Crippen LogP contribution in [-0.4, -0.2) is 6.04 Å². The van der Waals surface area contributed by atoms with Gasteiger partial charge in [-0.1, -0.05) is 49.7 Å². The van der Waals surface area contributed by atoms with E-state index in [-0.39, 0.29) is 6.04 Å². The molecule has 2 rings (SSSR count). The SMILES string of the molecule is CCc1ccccc1Oc1ccc(CC(N)CC)cc1Cl. The quantitative estimate of drug-likeness (QED) is 0.817. The summed E-state index contributed by atoms with van der Waals surface area (Å²) in [7, 11) is 0. The van der Waals surface area contributed by atoms with Crippen LogP contribution in [-0.2, 0) is 12.8 Å². The molecule has 3 heteroatoms. The lowest BCUT2D eigenvalue weighted by Crippen LogP contribution is -2.21. The number of hydrogen-bond acceptors (Lipinski definition) is 2. The molecule has 21 heavy (non-hydrogen) atoms. The number of hydrogen-bond donors (Lipinski definition) is 1. The van der Waals surface area contributed by atoms with E-state index in [0.717, 1.165) is 30.6 Å². The first-order chi connectivity index (χ1) is 10.1. The molecule has 0 saturated heterocycles. The number of nitrogens with two attached hydrogens (primary N) is 1. The Hall–Kier alpha value is -1.51. The number of aryl methyl sites for hydroxylation is 1. The van der Waals surface area contributed by atoms with Crippen molar-refractivity contribution >= 4 is 11.6 Å². The monoisotopic (exact) mass is 303 g/mol. The van der Waals surface area contributed by atoms with Crippen LogP contribution in [0.4, 0.5) is 0 Å². The van der Waals surface area contributed by atoms with Gasteiger partial charge in [-0.05, 0) is 48.6 Å². The first kappa shape index (κ1) is 15.9. The minimum absolute atomic E-state index is 0.175. The van der Waals surface area contributed by atoms with E-state index < -0.39 is 0 Å². The van der Waals surface area contributed by atoms with Crippen molar-refractivity contribution in [3.63, 3.8) is 0 Å². The van der Waals surface area contributed by atoms with Crippen LogP contribution in [0, 0.1) is 0 Å². The number of para-hydroxylation sites is 1. The van der Waals surface area contributed by atoms with Crippen molar-refractivity contribution in [2.45, 2.75) is 39.2 Å². The molecule has 0 aliphatic carbocycles. The van der Waals surface area contributed by atoms with Crippen LogP contribution in [0.3, 0.4) is 0 Å². The first-order valence-corrected chi connectivity index (χ1v) is 7.81. The summed E-state index contributed by atoms with van der Waals surface area (Å²) in [5, 5.41) is 0.627. The molecule has 2 N–H and O–H groups in total. The highest BCUT2D eigenvalue weighted by Crippen LogP contribution is 2.32. The number of rotatable bonds is 6. The smallest absolute Gasteiger partial charge is 0.146 e. The van der Waals surface area contributed by atoms with E-state index >= 15 is 0 Å². The topological polar surface area (TPSA) is 35.2 Å². The van der Waals surface area contributed by atoms with Crippen LogP contribution in [0.25, 0.3) is 0 Å². The Labute approximate surface area is 131 Å². The molecule has 0 spiro atoms. The van der Waals surface area contributed by atoms with Crippen LogP contribution >= 0.6 is 11.6 Å². The van der Waals surface area contributed by atoms with Crippen LogP contribution in [0.15, 0.2) is 42.5 Å². The molecule has 2 aromatic carbocycles. The third-order valence-electron chi connectivity index (χ3n) is 3.59. The van der Waals surface area contributed by atoms with Gasteiger partial charge in [0.05, 0.1) is 5.02 Å². The van der Waals surface area contributed by atoms with E-state index in [1.165, 1.54) is 5.56 Å². The highest BCUT2D eigenvalue weighted by molar-refractivity contribution is 6.32. The maximum Gasteiger partial charge on any atom is 0.146 e. The van der Waals surface area contributed by atoms with Crippen LogP contribution in [0.1, 0.15) is 31.4 Å². The average molecular weight is 304 g/mol. The van der Waals surface area contributed by atoms with Crippen LogP contribution < -0.4 is 10.5 Å². The van der Waals surface area contributed by atoms with Crippen LogP contribution in [0.2, 0.25) is 5.02 Å². The lowest BCUT2D eigenvalue weighted by molar-refractivity contribution is 0.476. The standard InChI is InChI=1S/C18H22ClNO/c1-3-14-7-5-6-8-17(14)21-18-10-9-13(12-16(18)19)11-15(20)4-2/h5-10,12,15H,3-4,11,20H2,1-2H3. The van der Waals surface area contributed by atoms with Crippen molar-refractivity contribution in [2.75, 3.05) is 0 Å². The summed E-state index contributed by atoms with van der Waals surface area (Å²) in [6.07, 6.45) is 2.72. The molecule has 1 atom stereocenters. The second kappa shape index (κ2) is 7.48. The molecule has 0 saturated carbocycles. The van der Waals surface area contributed by atoms with Gasteiger partial charge >= 0.3 is 0 Å². The summed E-state index contributed by atoms with van der Waals surface area (Å²) in [6.45, 7) is 4.20. The van der Waals surface area contributed by atoms with E-state index in [4.69, 9.17) is 22.1 Å². The fourth-order valence-electron chi connectivity index (χ4n) is 2.22. The third kappa shape index (κ3) is 4.23. The molecule has 0 aromatic heterocycles. The second-order valence-electron chi connectivity index (χ2n) is 5.20. The lowest BCUT2D eigenvalue weighted by atomic mass is 10.0. The summed E-state index contributed by atoms with van der Waals surface area (Å²) in [5.74, 6) is 1.55. The zero-order valence-corrected chi connectivity index (χ0v) is 13.4. The molecule has 0 aliphatic rings. The molecule has 2 aromatic rings. The van der Waals surface area contributed by atoms with Gasteiger partial charge in [-0.3, -0.25) is 0 Å². The summed E-state index contributed by atoms with van der Waals surface area (Å²) in [6, 6.07) is 14.1. The molecular weight excluding hydrogens is 282 g/mol. The van der Waals surface area contributed by atoms with E-state index in [2.05, 4.69) is 19.9 Å². The average Bonchev–Trinajstić information content (AvgIpc) is 2.50. The van der Waals surface area contributed by atoms with Gasteiger partial charge < -0.3 is 10.5 Å². The number of benzene rings is 2. The highest BCUT2D eigenvalue weighted by atomic mass is 35.5. The minimum Gasteiger partial charge on any atom is -0.456 e. The van der Waals surface area contributed by atoms with Crippen molar-refractivity contribution in [3.8, 4) is 11.5 Å². The van der Waals surface area contributed by atoms with Gasteiger partial charge in [-0.25, -0.2) is 0 Å². The van der Waals surface area contributed by atoms with E-state index in [1.54, 1.807) is 0 Å². The fourth-order valence-corrected chi connectivity index (χ4v) is 2.46. The molecule has 0 fully saturated rings. The van der Waals surface area contributed by atoms with Crippen molar-refractivity contribution in [2.24, 2.45) is 5.73 Å². The molecule has 0 heterocycles. The van der Waals surface area contributed by atoms with E-state index in [1.807, 2.05) is 36.4 Å². The normalized spacial score (nSPS) is 12.2. The van der Waals surface area contributed by atoms with Gasteiger partial charge in [0, 0.05) is 6.04 Å². The zero-order chi connectivity index (χ0) is 15.2. The van der Waals surface area contributed by atoms with Gasteiger partial charge in [-0.15, -0.1) is 0 Å². The molecule has 0 aliphatic heterocycles.